The van der Waals surface area contributed by atoms with Gasteiger partial charge in [-0.25, -0.2) is 0 Å². The molecule has 3 aromatic rings. The summed E-state index contributed by atoms with van der Waals surface area (Å²) in [6.45, 7) is 0.868. The minimum atomic E-state index is -0.0299. The molecule has 1 aliphatic heterocycles. The highest BCUT2D eigenvalue weighted by atomic mass is 16.5. The van der Waals surface area contributed by atoms with Crippen LogP contribution < -0.4 is 10.1 Å². The van der Waals surface area contributed by atoms with E-state index in [2.05, 4.69) is 27.6 Å². The molecule has 0 unspecified atom stereocenters. The van der Waals surface area contributed by atoms with E-state index in [9.17, 15) is 4.79 Å². The second-order valence-corrected chi connectivity index (χ2v) is 6.20. The second-order valence-electron chi connectivity index (χ2n) is 6.20. The van der Waals surface area contributed by atoms with Crippen molar-refractivity contribution in [2.75, 3.05) is 6.54 Å². The summed E-state index contributed by atoms with van der Waals surface area (Å²) in [4.78, 5) is 16.1. The number of benzene rings is 2. The SMILES string of the molecule is O=C1NCCc2cc(OCc3nc(CCc4ccccc4)no3)ccc21. The number of amides is 1. The van der Waals surface area contributed by atoms with Gasteiger partial charge in [-0.1, -0.05) is 35.5 Å². The zero-order valence-corrected chi connectivity index (χ0v) is 14.3. The number of ether oxygens (including phenoxy) is 1. The molecular formula is C20H19N3O3. The van der Waals surface area contributed by atoms with Gasteiger partial charge in [-0.2, -0.15) is 4.98 Å². The first-order chi connectivity index (χ1) is 12.8. The van der Waals surface area contributed by atoms with E-state index in [0.717, 1.165) is 24.8 Å². The number of nitrogens with one attached hydrogen (secondary N) is 1. The number of carbonyl (C=O) groups is 1. The third kappa shape index (κ3) is 3.74. The van der Waals surface area contributed by atoms with Crippen LogP contribution in [-0.2, 0) is 25.9 Å². The van der Waals surface area contributed by atoms with Crippen molar-refractivity contribution < 1.29 is 14.1 Å². The van der Waals surface area contributed by atoms with Gasteiger partial charge in [0.2, 0.25) is 0 Å². The van der Waals surface area contributed by atoms with Gasteiger partial charge in [0, 0.05) is 18.5 Å². The standard InChI is InChI=1S/C20H19N3O3/c24-20-17-8-7-16(12-15(17)10-11-21-20)25-13-19-22-18(23-26-19)9-6-14-4-2-1-3-5-14/h1-5,7-8,12H,6,9-11,13H2,(H,21,24). The Balaban J connectivity index is 1.34. The molecule has 1 N–H and O–H groups in total. The van der Waals surface area contributed by atoms with Crippen molar-refractivity contribution in [2.24, 2.45) is 0 Å². The van der Waals surface area contributed by atoms with Gasteiger partial charge in [-0.05, 0) is 42.2 Å². The second kappa shape index (κ2) is 7.39. The third-order valence-corrected chi connectivity index (χ3v) is 4.35. The lowest BCUT2D eigenvalue weighted by Crippen LogP contribution is -2.31. The molecule has 1 amide bonds. The van der Waals surface area contributed by atoms with Gasteiger partial charge in [-0.3, -0.25) is 4.79 Å². The number of hydrogen-bond donors (Lipinski definition) is 1. The van der Waals surface area contributed by atoms with E-state index in [4.69, 9.17) is 9.26 Å². The van der Waals surface area contributed by atoms with Crippen molar-refractivity contribution >= 4 is 5.91 Å². The summed E-state index contributed by atoms with van der Waals surface area (Å²) in [5, 5.41) is 6.83. The normalized spacial score (nSPS) is 13.2. The largest absolute Gasteiger partial charge is 0.484 e. The third-order valence-electron chi connectivity index (χ3n) is 4.35. The van der Waals surface area contributed by atoms with Crippen molar-refractivity contribution in [2.45, 2.75) is 25.9 Å². The Kier molecular flexibility index (Phi) is 4.64. The monoisotopic (exact) mass is 349 g/mol. The van der Waals surface area contributed by atoms with Gasteiger partial charge in [0.25, 0.3) is 11.8 Å². The molecule has 1 aliphatic rings. The molecule has 0 bridgehead atoms. The molecule has 6 nitrogen and oxygen atoms in total. The Morgan fingerprint density at radius 3 is 2.88 bits per heavy atom. The topological polar surface area (TPSA) is 77.2 Å². The first-order valence-electron chi connectivity index (χ1n) is 8.67. The first-order valence-corrected chi connectivity index (χ1v) is 8.67. The van der Waals surface area contributed by atoms with E-state index >= 15 is 0 Å². The van der Waals surface area contributed by atoms with Crippen molar-refractivity contribution in [3.63, 3.8) is 0 Å². The maximum absolute atomic E-state index is 11.8. The molecule has 2 aromatic carbocycles. The Morgan fingerprint density at radius 2 is 2.00 bits per heavy atom. The molecular weight excluding hydrogens is 330 g/mol. The molecule has 6 heteroatoms. The van der Waals surface area contributed by atoms with Crippen molar-refractivity contribution in [1.29, 1.82) is 0 Å². The highest BCUT2D eigenvalue weighted by Gasteiger charge is 2.17. The Hall–Kier alpha value is -3.15. The Bertz CT molecular complexity index is 906. The maximum Gasteiger partial charge on any atom is 0.264 e. The van der Waals surface area contributed by atoms with Crippen molar-refractivity contribution in [3.05, 3.63) is 76.9 Å². The minimum absolute atomic E-state index is 0.0299. The molecule has 2 heterocycles. The number of hydrogen-bond acceptors (Lipinski definition) is 5. The first kappa shape index (κ1) is 16.3. The van der Waals surface area contributed by atoms with E-state index in [-0.39, 0.29) is 12.5 Å². The van der Waals surface area contributed by atoms with Crippen LogP contribution in [0.5, 0.6) is 5.75 Å². The number of aryl methyl sites for hydroxylation is 2. The molecule has 0 saturated heterocycles. The summed E-state index contributed by atoms with van der Waals surface area (Å²) in [5.41, 5.74) is 2.96. The van der Waals surface area contributed by atoms with E-state index in [0.29, 0.717) is 29.6 Å². The fraction of sp³-hybridized carbons (Fsp3) is 0.250. The van der Waals surface area contributed by atoms with Gasteiger partial charge in [0.15, 0.2) is 12.4 Å². The molecule has 0 aliphatic carbocycles. The summed E-state index contributed by atoms with van der Waals surface area (Å²) in [5.74, 6) is 1.79. The van der Waals surface area contributed by atoms with Crippen LogP contribution in [0, 0.1) is 0 Å². The fourth-order valence-electron chi connectivity index (χ4n) is 2.99. The predicted octanol–water partition coefficient (Wildman–Crippen LogP) is 2.72. The number of rotatable bonds is 6. The fourth-order valence-corrected chi connectivity index (χ4v) is 2.99. The number of carbonyl (C=O) groups excluding carboxylic acids is 1. The summed E-state index contributed by atoms with van der Waals surface area (Å²) < 4.78 is 11.0. The zero-order chi connectivity index (χ0) is 17.8. The molecule has 0 spiro atoms. The zero-order valence-electron chi connectivity index (χ0n) is 14.3. The highest BCUT2D eigenvalue weighted by Crippen LogP contribution is 2.21. The van der Waals surface area contributed by atoms with Crippen LogP contribution in [0.2, 0.25) is 0 Å². The Labute approximate surface area is 151 Å². The van der Waals surface area contributed by atoms with Crippen LogP contribution >= 0.6 is 0 Å². The quantitative estimate of drug-likeness (QED) is 0.740. The summed E-state index contributed by atoms with van der Waals surface area (Å²) in [6, 6.07) is 15.7. The van der Waals surface area contributed by atoms with Crippen LogP contribution in [0.25, 0.3) is 0 Å². The van der Waals surface area contributed by atoms with Gasteiger partial charge in [-0.15, -0.1) is 0 Å². The van der Waals surface area contributed by atoms with Crippen LogP contribution in [0.15, 0.2) is 53.1 Å². The van der Waals surface area contributed by atoms with Crippen LogP contribution in [0.1, 0.15) is 33.2 Å². The van der Waals surface area contributed by atoms with Crippen molar-refractivity contribution in [1.82, 2.24) is 15.5 Å². The van der Waals surface area contributed by atoms with Crippen LogP contribution in [-0.4, -0.2) is 22.6 Å². The van der Waals surface area contributed by atoms with Crippen molar-refractivity contribution in [3.8, 4) is 5.75 Å². The molecule has 0 saturated carbocycles. The van der Waals surface area contributed by atoms with Gasteiger partial charge in [0.05, 0.1) is 0 Å². The van der Waals surface area contributed by atoms with Crippen LogP contribution in [0.4, 0.5) is 0 Å². The molecule has 132 valence electrons. The molecule has 0 fully saturated rings. The lowest BCUT2D eigenvalue weighted by Gasteiger charge is -2.17. The lowest BCUT2D eigenvalue weighted by molar-refractivity contribution is 0.0946. The van der Waals surface area contributed by atoms with E-state index < -0.39 is 0 Å². The summed E-state index contributed by atoms with van der Waals surface area (Å²) in [6.07, 6.45) is 2.40. The molecule has 0 radical (unpaired) electrons. The smallest absolute Gasteiger partial charge is 0.264 e. The average Bonchev–Trinajstić information content (AvgIpc) is 3.14. The van der Waals surface area contributed by atoms with Gasteiger partial charge >= 0.3 is 0 Å². The lowest BCUT2D eigenvalue weighted by atomic mass is 10.0. The number of nitrogens with zero attached hydrogens (tertiary/aromatic N) is 2. The average molecular weight is 349 g/mol. The summed E-state index contributed by atoms with van der Waals surface area (Å²) >= 11 is 0. The highest BCUT2D eigenvalue weighted by molar-refractivity contribution is 5.96. The maximum atomic E-state index is 11.8. The molecule has 1 aromatic heterocycles. The Morgan fingerprint density at radius 1 is 1.12 bits per heavy atom. The minimum Gasteiger partial charge on any atom is -0.484 e. The van der Waals surface area contributed by atoms with Gasteiger partial charge < -0.3 is 14.6 Å². The van der Waals surface area contributed by atoms with E-state index in [1.165, 1.54) is 5.56 Å². The number of fused-ring (bicyclic) bond motifs is 1. The van der Waals surface area contributed by atoms with Crippen LogP contribution in [0.3, 0.4) is 0 Å². The van der Waals surface area contributed by atoms with E-state index in [1.807, 2.05) is 24.3 Å². The predicted molar refractivity (Wildman–Crippen MR) is 95.0 cm³/mol. The molecule has 26 heavy (non-hydrogen) atoms. The van der Waals surface area contributed by atoms with Gasteiger partial charge in [0.1, 0.15) is 5.75 Å². The molecule has 4 rings (SSSR count). The van der Waals surface area contributed by atoms with E-state index in [1.54, 1.807) is 12.1 Å². The number of aromatic nitrogens is 2. The summed E-state index contributed by atoms with van der Waals surface area (Å²) in [7, 11) is 0. The molecule has 0 atom stereocenters.